The maximum Gasteiger partial charge on any atom is 0.311 e. The van der Waals surface area contributed by atoms with Gasteiger partial charge in [-0.3, -0.25) is 14.9 Å². The van der Waals surface area contributed by atoms with Crippen molar-refractivity contribution in [3.63, 3.8) is 0 Å². The van der Waals surface area contributed by atoms with Gasteiger partial charge >= 0.3 is 5.97 Å². The molecule has 3 aromatic rings. The molecule has 4 rings (SSSR count). The fourth-order valence-electron chi connectivity index (χ4n) is 3.64. The van der Waals surface area contributed by atoms with E-state index in [1.807, 2.05) is 0 Å². The van der Waals surface area contributed by atoms with Gasteiger partial charge in [0, 0.05) is 22.2 Å². The van der Waals surface area contributed by atoms with Crippen LogP contribution in [-0.2, 0) is 28.8 Å². The molecule has 0 radical (unpaired) electrons. The molecule has 0 atom stereocenters. The Bertz CT molecular complexity index is 1090. The van der Waals surface area contributed by atoms with Crippen LogP contribution in [-0.4, -0.2) is 28.5 Å². The van der Waals surface area contributed by atoms with Gasteiger partial charge in [0.2, 0.25) is 0 Å². The number of nitrogens with one attached hydrogen (secondary N) is 1. The molecule has 0 bridgehead atoms. The molecule has 7 nitrogen and oxygen atoms in total. The van der Waals surface area contributed by atoms with E-state index < -0.39 is 0 Å². The number of anilines is 2. The first-order valence-corrected chi connectivity index (χ1v) is 11.8. The lowest BCUT2D eigenvalue weighted by atomic mass is 9.96. The van der Waals surface area contributed by atoms with Crippen LogP contribution in [0.3, 0.4) is 0 Å². The van der Waals surface area contributed by atoms with Gasteiger partial charge in [0.1, 0.15) is 9.71 Å². The van der Waals surface area contributed by atoms with Gasteiger partial charge in [-0.1, -0.05) is 12.8 Å². The summed E-state index contributed by atoms with van der Waals surface area (Å²) in [6, 6.07) is 2.12. The number of rotatable bonds is 5. The van der Waals surface area contributed by atoms with E-state index in [0.29, 0.717) is 22.3 Å². The van der Waals surface area contributed by atoms with Crippen LogP contribution in [0.25, 0.3) is 10.2 Å². The minimum absolute atomic E-state index is 0.141. The summed E-state index contributed by atoms with van der Waals surface area (Å²) in [7, 11) is 0. The molecular weight excluding hydrogens is 420 g/mol. The van der Waals surface area contributed by atoms with Crippen LogP contribution in [0.5, 0.6) is 0 Å². The molecule has 0 fully saturated rings. The first-order chi connectivity index (χ1) is 14.5. The average molecular weight is 445 g/mol. The van der Waals surface area contributed by atoms with Crippen LogP contribution in [0.15, 0.2) is 12.3 Å². The van der Waals surface area contributed by atoms with Crippen LogP contribution in [0.2, 0.25) is 0 Å². The third-order valence-electron chi connectivity index (χ3n) is 5.10. The molecule has 9 heteroatoms. The lowest BCUT2D eigenvalue weighted by Gasteiger charge is -2.12. The number of carbonyl (C=O) groups is 2. The van der Waals surface area contributed by atoms with E-state index in [1.54, 1.807) is 13.1 Å². The molecule has 0 spiro atoms. The highest BCUT2D eigenvalue weighted by Gasteiger charge is 2.21. The molecule has 0 saturated heterocycles. The quantitative estimate of drug-likeness (QED) is 0.567. The fourth-order valence-corrected chi connectivity index (χ4v) is 5.42. The molecule has 1 amide bonds. The molecule has 0 aliphatic heterocycles. The Morgan fingerprint density at radius 1 is 1.20 bits per heavy atom. The van der Waals surface area contributed by atoms with Crippen LogP contribution in [0.4, 0.5) is 10.8 Å². The average Bonchev–Trinajstić information content (AvgIpc) is 3.26. The second-order valence-corrected chi connectivity index (χ2v) is 9.39. The van der Waals surface area contributed by atoms with Crippen LogP contribution in [0, 0.1) is 0 Å². The Morgan fingerprint density at radius 2 is 2.00 bits per heavy atom. The first kappa shape index (κ1) is 20.7. The molecule has 0 aromatic carbocycles. The smallest absolute Gasteiger partial charge is 0.311 e. The summed E-state index contributed by atoms with van der Waals surface area (Å²) >= 11 is 2.57. The zero-order valence-electron chi connectivity index (χ0n) is 16.8. The number of esters is 1. The highest BCUT2D eigenvalue weighted by Crippen LogP contribution is 2.35. The number of nitrogen functional groups attached to an aromatic ring is 1. The summed E-state index contributed by atoms with van der Waals surface area (Å²) in [4.78, 5) is 35.4. The van der Waals surface area contributed by atoms with E-state index >= 15 is 0 Å². The van der Waals surface area contributed by atoms with Crippen LogP contribution >= 0.6 is 22.7 Å². The van der Waals surface area contributed by atoms with Crippen molar-refractivity contribution in [3.05, 3.63) is 33.3 Å². The number of fused-ring (bicyclic) bond motifs is 2. The van der Waals surface area contributed by atoms with Crippen molar-refractivity contribution in [1.82, 2.24) is 9.97 Å². The predicted molar refractivity (Wildman–Crippen MR) is 120 cm³/mol. The van der Waals surface area contributed by atoms with Crippen molar-refractivity contribution >= 4 is 55.6 Å². The Kier molecular flexibility index (Phi) is 6.29. The van der Waals surface area contributed by atoms with Gasteiger partial charge in [0.15, 0.2) is 5.13 Å². The minimum atomic E-state index is -0.311. The van der Waals surface area contributed by atoms with E-state index in [1.165, 1.54) is 41.1 Å². The molecule has 3 N–H and O–H groups in total. The topological polar surface area (TPSA) is 107 Å². The molecule has 3 aromatic heterocycles. The van der Waals surface area contributed by atoms with Gasteiger partial charge in [-0.15, -0.1) is 22.7 Å². The number of ether oxygens (including phenoxy) is 1. The number of aromatic nitrogens is 2. The van der Waals surface area contributed by atoms with Gasteiger partial charge in [0.05, 0.1) is 18.7 Å². The zero-order valence-corrected chi connectivity index (χ0v) is 18.5. The summed E-state index contributed by atoms with van der Waals surface area (Å²) in [5.41, 5.74) is 9.19. The molecule has 158 valence electrons. The number of nitrogens with two attached hydrogens (primary N) is 1. The molecule has 30 heavy (non-hydrogen) atoms. The highest BCUT2D eigenvalue weighted by molar-refractivity contribution is 7.21. The van der Waals surface area contributed by atoms with E-state index in [2.05, 4.69) is 16.4 Å². The minimum Gasteiger partial charge on any atom is -0.466 e. The zero-order chi connectivity index (χ0) is 21.1. The molecule has 0 saturated carbocycles. The van der Waals surface area contributed by atoms with Crippen LogP contribution < -0.4 is 11.1 Å². The normalized spacial score (nSPS) is 14.0. The molecule has 1 aliphatic carbocycles. The molecule has 0 unspecified atom stereocenters. The maximum atomic E-state index is 12.8. The van der Waals surface area contributed by atoms with E-state index in [9.17, 15) is 9.59 Å². The molecule has 3 heterocycles. The van der Waals surface area contributed by atoms with Gasteiger partial charge in [-0.25, -0.2) is 9.97 Å². The number of amides is 1. The van der Waals surface area contributed by atoms with Gasteiger partial charge in [-0.05, 0) is 44.2 Å². The third kappa shape index (κ3) is 4.46. The number of thiazole rings is 1. The van der Waals surface area contributed by atoms with Crippen molar-refractivity contribution in [3.8, 4) is 0 Å². The standard InChI is InChI=1S/C21H24N4O3S2/c1-2-28-16(26)10-13-11-23-21(29-13)25-19(27)18-17(22)14-9-12-7-5-3-4-6-8-15(12)24-20(14)30-18/h9,11H,2-8,10,22H2,1H3,(H,23,25,27). The summed E-state index contributed by atoms with van der Waals surface area (Å²) in [5, 5.41) is 4.07. The number of aryl methyl sites for hydroxylation is 2. The fraction of sp³-hybridized carbons (Fsp3) is 0.429. The predicted octanol–water partition coefficient (Wildman–Crippen LogP) is 4.35. The van der Waals surface area contributed by atoms with E-state index in [4.69, 9.17) is 15.5 Å². The monoisotopic (exact) mass is 444 g/mol. The SMILES string of the molecule is CCOC(=O)Cc1cnc(NC(=O)c2sc3nc4c(cc3c2N)CCCCCC4)s1. The Hall–Kier alpha value is -2.52. The Labute approximate surface area is 182 Å². The van der Waals surface area contributed by atoms with Gasteiger partial charge < -0.3 is 10.5 Å². The molecular formula is C21H24N4O3S2. The number of carbonyl (C=O) groups excluding carboxylic acids is 2. The molecule has 1 aliphatic rings. The summed E-state index contributed by atoms with van der Waals surface area (Å²) < 4.78 is 4.94. The first-order valence-electron chi connectivity index (χ1n) is 10.2. The van der Waals surface area contributed by atoms with E-state index in [-0.39, 0.29) is 18.3 Å². The van der Waals surface area contributed by atoms with Gasteiger partial charge in [-0.2, -0.15) is 0 Å². The highest BCUT2D eigenvalue weighted by atomic mass is 32.1. The summed E-state index contributed by atoms with van der Waals surface area (Å²) in [5.74, 6) is -0.616. The maximum absolute atomic E-state index is 12.8. The summed E-state index contributed by atoms with van der Waals surface area (Å²) in [6.45, 7) is 2.10. The van der Waals surface area contributed by atoms with Crippen molar-refractivity contribution in [1.29, 1.82) is 0 Å². The van der Waals surface area contributed by atoms with Gasteiger partial charge in [0.25, 0.3) is 5.91 Å². The summed E-state index contributed by atoms with van der Waals surface area (Å²) in [6.07, 6.45) is 8.51. The van der Waals surface area contributed by atoms with Crippen molar-refractivity contribution in [2.24, 2.45) is 0 Å². The number of pyridine rings is 1. The number of hydrogen-bond donors (Lipinski definition) is 2. The lowest BCUT2D eigenvalue weighted by Crippen LogP contribution is -2.11. The number of thiophene rings is 1. The van der Waals surface area contributed by atoms with E-state index in [0.717, 1.165) is 46.5 Å². The second-order valence-electron chi connectivity index (χ2n) is 7.27. The number of hydrogen-bond acceptors (Lipinski definition) is 8. The van der Waals surface area contributed by atoms with Crippen LogP contribution in [0.1, 0.15) is 58.4 Å². The Balaban J connectivity index is 1.54. The lowest BCUT2D eigenvalue weighted by molar-refractivity contribution is -0.142. The second kappa shape index (κ2) is 9.09. The number of nitrogens with zero attached hydrogens (tertiary/aromatic N) is 2. The largest absolute Gasteiger partial charge is 0.466 e. The third-order valence-corrected chi connectivity index (χ3v) is 7.13. The van der Waals surface area contributed by atoms with Crippen molar-refractivity contribution in [2.75, 3.05) is 17.7 Å². The Morgan fingerprint density at radius 3 is 2.80 bits per heavy atom. The van der Waals surface area contributed by atoms with Crippen molar-refractivity contribution in [2.45, 2.75) is 51.9 Å². The van der Waals surface area contributed by atoms with Crippen molar-refractivity contribution < 1.29 is 14.3 Å².